The molecule has 78 valence electrons. The topological polar surface area (TPSA) is 78.1 Å². The number of esters is 1. The minimum atomic E-state index is -0.620. The molecule has 15 heavy (non-hydrogen) atoms. The van der Waals surface area contributed by atoms with Crippen LogP contribution in [0.4, 0.5) is 5.95 Å². The zero-order valence-corrected chi connectivity index (χ0v) is 8.71. The van der Waals surface area contributed by atoms with E-state index in [1.54, 1.807) is 6.92 Å². The average Bonchev–Trinajstić information content (AvgIpc) is 2.17. The Morgan fingerprint density at radius 3 is 3.07 bits per heavy atom. The summed E-state index contributed by atoms with van der Waals surface area (Å²) in [5.41, 5.74) is 5.62. The van der Waals surface area contributed by atoms with Gasteiger partial charge in [0.1, 0.15) is 5.15 Å². The number of rotatable bonds is 1. The predicted octanol–water partition coefficient (Wildman–Crippen LogP) is 0.627. The molecule has 0 saturated heterocycles. The monoisotopic (exact) mass is 225 g/mol. The number of aromatic nitrogens is 2. The van der Waals surface area contributed by atoms with Gasteiger partial charge in [0.15, 0.2) is 0 Å². The number of carbonyl (C=O) groups excluding carboxylic acids is 1. The summed E-state index contributed by atoms with van der Waals surface area (Å²) in [7, 11) is 0. The van der Waals surface area contributed by atoms with Crippen LogP contribution in [0, 0.1) is 11.8 Å². The van der Waals surface area contributed by atoms with Gasteiger partial charge in [-0.15, -0.1) is 0 Å². The first-order chi connectivity index (χ1) is 7.13. The zero-order chi connectivity index (χ0) is 11.3. The first-order valence-electron chi connectivity index (χ1n) is 4.10. The summed E-state index contributed by atoms with van der Waals surface area (Å²) in [6.07, 6.45) is 1.34. The zero-order valence-electron chi connectivity index (χ0n) is 7.95. The molecule has 0 amide bonds. The Morgan fingerprint density at radius 1 is 1.73 bits per heavy atom. The second-order valence-electron chi connectivity index (χ2n) is 2.40. The molecule has 1 rings (SSSR count). The second kappa shape index (κ2) is 5.17. The first kappa shape index (κ1) is 11.3. The van der Waals surface area contributed by atoms with Crippen molar-refractivity contribution >= 4 is 23.5 Å². The van der Waals surface area contributed by atoms with Crippen molar-refractivity contribution in [1.82, 2.24) is 9.97 Å². The van der Waals surface area contributed by atoms with E-state index in [9.17, 15) is 4.79 Å². The van der Waals surface area contributed by atoms with Crippen molar-refractivity contribution in [2.45, 2.75) is 6.92 Å². The number of nitrogens with zero attached hydrogens (tertiary/aromatic N) is 2. The van der Waals surface area contributed by atoms with Gasteiger partial charge in [0.2, 0.25) is 5.95 Å². The summed E-state index contributed by atoms with van der Waals surface area (Å²) in [5, 5.41) is 0.110. The van der Waals surface area contributed by atoms with Crippen LogP contribution in [0.15, 0.2) is 6.20 Å². The predicted molar refractivity (Wildman–Crippen MR) is 55.0 cm³/mol. The van der Waals surface area contributed by atoms with E-state index in [1.807, 2.05) is 0 Å². The third-order valence-corrected chi connectivity index (χ3v) is 1.62. The normalized spacial score (nSPS) is 8.93. The number of ether oxygens (including phenoxy) is 1. The number of carbonyl (C=O) groups is 1. The van der Waals surface area contributed by atoms with Gasteiger partial charge in [-0.2, -0.15) is 4.98 Å². The molecule has 6 heteroatoms. The molecule has 1 aromatic rings. The Balaban J connectivity index is 2.84. The maximum atomic E-state index is 10.9. The van der Waals surface area contributed by atoms with Gasteiger partial charge < -0.3 is 10.5 Å². The molecule has 0 aromatic carbocycles. The lowest BCUT2D eigenvalue weighted by atomic mass is 10.3. The van der Waals surface area contributed by atoms with Crippen LogP contribution < -0.4 is 5.73 Å². The van der Waals surface area contributed by atoms with Crippen molar-refractivity contribution in [2.24, 2.45) is 0 Å². The van der Waals surface area contributed by atoms with E-state index in [4.69, 9.17) is 17.3 Å². The first-order valence-corrected chi connectivity index (χ1v) is 4.48. The molecule has 0 bridgehead atoms. The fraction of sp³-hybridized carbons (Fsp3) is 0.222. The van der Waals surface area contributed by atoms with Gasteiger partial charge in [-0.3, -0.25) is 0 Å². The number of nitrogens with two attached hydrogens (primary N) is 1. The largest absolute Gasteiger partial charge is 0.456 e. The molecule has 0 aliphatic rings. The molecule has 0 aliphatic heterocycles. The Kier molecular flexibility index (Phi) is 3.89. The molecule has 0 fully saturated rings. The SMILES string of the molecule is CCOC(=O)C#Cc1cnc(N)nc1Cl. The fourth-order valence-electron chi connectivity index (χ4n) is 0.743. The summed E-state index contributed by atoms with van der Waals surface area (Å²) in [5.74, 6) is 4.17. The average molecular weight is 226 g/mol. The van der Waals surface area contributed by atoms with Gasteiger partial charge in [0, 0.05) is 12.1 Å². The lowest BCUT2D eigenvalue weighted by molar-refractivity contribution is -0.136. The Bertz CT molecular complexity index is 437. The maximum absolute atomic E-state index is 10.9. The quantitative estimate of drug-likeness (QED) is 0.431. The van der Waals surface area contributed by atoms with Crippen molar-refractivity contribution in [3.8, 4) is 11.8 Å². The minimum absolute atomic E-state index is 0.0571. The Hall–Kier alpha value is -1.80. The van der Waals surface area contributed by atoms with Crippen LogP contribution in [0.2, 0.25) is 5.15 Å². The molecule has 1 aromatic heterocycles. The Labute approximate surface area is 91.6 Å². The molecule has 0 spiro atoms. The van der Waals surface area contributed by atoms with Crippen LogP contribution in [-0.2, 0) is 9.53 Å². The second-order valence-corrected chi connectivity index (χ2v) is 2.76. The fourth-order valence-corrected chi connectivity index (χ4v) is 0.926. The van der Waals surface area contributed by atoms with Gasteiger partial charge in [-0.05, 0) is 6.92 Å². The highest BCUT2D eigenvalue weighted by atomic mass is 35.5. The maximum Gasteiger partial charge on any atom is 0.384 e. The van der Waals surface area contributed by atoms with Crippen molar-refractivity contribution in [1.29, 1.82) is 0 Å². The highest BCUT2D eigenvalue weighted by Gasteiger charge is 2.00. The number of anilines is 1. The van der Waals surface area contributed by atoms with E-state index in [2.05, 4.69) is 26.5 Å². The van der Waals surface area contributed by atoms with Gasteiger partial charge in [-0.1, -0.05) is 17.5 Å². The van der Waals surface area contributed by atoms with Crippen LogP contribution in [0.1, 0.15) is 12.5 Å². The van der Waals surface area contributed by atoms with E-state index < -0.39 is 5.97 Å². The van der Waals surface area contributed by atoms with Crippen LogP contribution in [0.3, 0.4) is 0 Å². The molecule has 0 atom stereocenters. The molecule has 0 saturated carbocycles. The summed E-state index contributed by atoms with van der Waals surface area (Å²) in [6.45, 7) is 1.97. The minimum Gasteiger partial charge on any atom is -0.456 e. The molecule has 2 N–H and O–H groups in total. The summed E-state index contributed by atoms with van der Waals surface area (Å²) in [6, 6.07) is 0. The number of halogens is 1. The third-order valence-electron chi connectivity index (χ3n) is 1.34. The molecule has 1 heterocycles. The van der Waals surface area contributed by atoms with Crippen molar-refractivity contribution < 1.29 is 9.53 Å². The number of nitrogen functional groups attached to an aromatic ring is 1. The lowest BCUT2D eigenvalue weighted by Crippen LogP contribution is -2.00. The highest BCUT2D eigenvalue weighted by molar-refractivity contribution is 6.30. The smallest absolute Gasteiger partial charge is 0.384 e. The highest BCUT2D eigenvalue weighted by Crippen LogP contribution is 2.10. The molecule has 0 unspecified atom stereocenters. The Morgan fingerprint density at radius 2 is 2.47 bits per heavy atom. The van der Waals surface area contributed by atoms with Crippen molar-refractivity contribution in [2.75, 3.05) is 12.3 Å². The summed E-state index contributed by atoms with van der Waals surface area (Å²) >= 11 is 5.70. The van der Waals surface area contributed by atoms with Crippen molar-refractivity contribution in [3.05, 3.63) is 16.9 Å². The molecular weight excluding hydrogens is 218 g/mol. The van der Waals surface area contributed by atoms with Crippen LogP contribution in [0.25, 0.3) is 0 Å². The van der Waals surface area contributed by atoms with Gasteiger partial charge in [0.25, 0.3) is 0 Å². The van der Waals surface area contributed by atoms with E-state index >= 15 is 0 Å². The van der Waals surface area contributed by atoms with E-state index in [1.165, 1.54) is 6.20 Å². The van der Waals surface area contributed by atoms with Crippen molar-refractivity contribution in [3.63, 3.8) is 0 Å². The third kappa shape index (κ3) is 3.44. The molecule has 0 aliphatic carbocycles. The molecule has 5 nitrogen and oxygen atoms in total. The summed E-state index contributed by atoms with van der Waals surface area (Å²) in [4.78, 5) is 18.3. The molecule has 0 radical (unpaired) electrons. The van der Waals surface area contributed by atoms with Crippen LogP contribution in [0.5, 0.6) is 0 Å². The van der Waals surface area contributed by atoms with E-state index in [0.717, 1.165) is 0 Å². The molecular formula is C9H8ClN3O2. The lowest BCUT2D eigenvalue weighted by Gasteiger charge is -1.95. The van der Waals surface area contributed by atoms with Crippen LogP contribution >= 0.6 is 11.6 Å². The van der Waals surface area contributed by atoms with Gasteiger partial charge >= 0.3 is 5.97 Å². The standard InChI is InChI=1S/C9H8ClN3O2/c1-2-15-7(14)4-3-6-5-12-9(11)13-8(6)10/h5H,2H2,1H3,(H2,11,12,13). The summed E-state index contributed by atoms with van der Waals surface area (Å²) < 4.78 is 4.61. The van der Waals surface area contributed by atoms with E-state index in [0.29, 0.717) is 5.56 Å². The van der Waals surface area contributed by atoms with Gasteiger partial charge in [0.05, 0.1) is 12.2 Å². The van der Waals surface area contributed by atoms with E-state index in [-0.39, 0.29) is 17.7 Å². The number of hydrogen-bond acceptors (Lipinski definition) is 5. The van der Waals surface area contributed by atoms with Crippen LogP contribution in [-0.4, -0.2) is 22.5 Å². The van der Waals surface area contributed by atoms with Gasteiger partial charge in [-0.25, -0.2) is 9.78 Å². The number of hydrogen-bond donors (Lipinski definition) is 1.